The molecule has 2 atom stereocenters. The maximum Gasteiger partial charge on any atom is 0.416 e. The van der Waals surface area contributed by atoms with Gasteiger partial charge < -0.3 is 10.2 Å². The molecule has 0 spiro atoms. The van der Waals surface area contributed by atoms with E-state index in [-0.39, 0.29) is 18.1 Å². The third-order valence-electron chi connectivity index (χ3n) is 3.65. The van der Waals surface area contributed by atoms with Crippen LogP contribution in [0.1, 0.15) is 32.3 Å². The SMILES string of the molecule is C[C@@H]1CC[C@H](C)N1C(=O)Nc1ccc(C(F)(F)F)cc1. The lowest BCUT2D eigenvalue weighted by Crippen LogP contribution is -2.41. The van der Waals surface area contributed by atoms with Crippen molar-refractivity contribution in [2.24, 2.45) is 0 Å². The molecule has 3 nitrogen and oxygen atoms in total. The highest BCUT2D eigenvalue weighted by Crippen LogP contribution is 2.30. The van der Waals surface area contributed by atoms with E-state index in [9.17, 15) is 18.0 Å². The molecule has 1 N–H and O–H groups in total. The van der Waals surface area contributed by atoms with E-state index in [0.29, 0.717) is 5.69 Å². The largest absolute Gasteiger partial charge is 0.416 e. The smallest absolute Gasteiger partial charge is 0.319 e. The van der Waals surface area contributed by atoms with E-state index in [1.807, 2.05) is 13.8 Å². The lowest BCUT2D eigenvalue weighted by Gasteiger charge is -2.26. The first-order chi connectivity index (χ1) is 9.29. The van der Waals surface area contributed by atoms with Crippen molar-refractivity contribution in [3.63, 3.8) is 0 Å². The quantitative estimate of drug-likeness (QED) is 0.828. The molecule has 0 bridgehead atoms. The van der Waals surface area contributed by atoms with Crippen LogP contribution in [0.25, 0.3) is 0 Å². The molecular formula is C14H17F3N2O. The summed E-state index contributed by atoms with van der Waals surface area (Å²) in [4.78, 5) is 13.8. The van der Waals surface area contributed by atoms with Crippen LogP contribution in [0.3, 0.4) is 0 Å². The number of carbonyl (C=O) groups is 1. The number of urea groups is 1. The molecule has 1 aliphatic heterocycles. The molecule has 1 saturated heterocycles. The van der Waals surface area contributed by atoms with Crippen molar-refractivity contribution in [3.8, 4) is 0 Å². The zero-order valence-corrected chi connectivity index (χ0v) is 11.4. The van der Waals surface area contributed by atoms with Gasteiger partial charge in [-0.25, -0.2) is 4.79 Å². The average Bonchev–Trinajstić information content (AvgIpc) is 2.68. The normalized spacial score (nSPS) is 22.9. The summed E-state index contributed by atoms with van der Waals surface area (Å²) in [5.41, 5.74) is -0.354. The van der Waals surface area contributed by atoms with Crippen LogP contribution in [0.4, 0.5) is 23.7 Å². The second kappa shape index (κ2) is 5.34. The van der Waals surface area contributed by atoms with Gasteiger partial charge >= 0.3 is 12.2 Å². The van der Waals surface area contributed by atoms with Gasteiger partial charge in [0, 0.05) is 17.8 Å². The fourth-order valence-corrected chi connectivity index (χ4v) is 2.53. The van der Waals surface area contributed by atoms with Crippen LogP contribution in [-0.2, 0) is 6.18 Å². The van der Waals surface area contributed by atoms with Crippen LogP contribution >= 0.6 is 0 Å². The summed E-state index contributed by atoms with van der Waals surface area (Å²) in [6, 6.07) is 4.51. The van der Waals surface area contributed by atoms with Gasteiger partial charge in [-0.05, 0) is 51.0 Å². The predicted molar refractivity (Wildman–Crippen MR) is 70.5 cm³/mol. The van der Waals surface area contributed by atoms with Crippen molar-refractivity contribution in [2.75, 3.05) is 5.32 Å². The molecular weight excluding hydrogens is 269 g/mol. The molecule has 1 aromatic carbocycles. The monoisotopic (exact) mass is 286 g/mol. The highest BCUT2D eigenvalue weighted by atomic mass is 19.4. The van der Waals surface area contributed by atoms with Crippen LogP contribution in [0.2, 0.25) is 0 Å². The molecule has 20 heavy (non-hydrogen) atoms. The maximum atomic E-state index is 12.4. The molecule has 2 amide bonds. The Balaban J connectivity index is 2.05. The maximum absolute atomic E-state index is 12.4. The summed E-state index contributed by atoms with van der Waals surface area (Å²) < 4.78 is 37.3. The predicted octanol–water partition coefficient (Wildman–Crippen LogP) is 4.11. The third kappa shape index (κ3) is 3.05. The van der Waals surface area contributed by atoms with Gasteiger partial charge in [0.1, 0.15) is 0 Å². The molecule has 0 unspecified atom stereocenters. The number of likely N-dealkylation sites (tertiary alicyclic amines) is 1. The molecule has 1 aliphatic rings. The first-order valence-corrected chi connectivity index (χ1v) is 6.55. The molecule has 0 saturated carbocycles. The minimum atomic E-state index is -4.36. The van der Waals surface area contributed by atoms with Crippen LogP contribution in [0.15, 0.2) is 24.3 Å². The molecule has 1 heterocycles. The number of hydrogen-bond acceptors (Lipinski definition) is 1. The number of nitrogens with one attached hydrogen (secondary N) is 1. The lowest BCUT2D eigenvalue weighted by molar-refractivity contribution is -0.137. The van der Waals surface area contributed by atoms with Gasteiger partial charge in [-0.1, -0.05) is 0 Å². The first kappa shape index (κ1) is 14.7. The Hall–Kier alpha value is -1.72. The molecule has 2 rings (SSSR count). The third-order valence-corrected chi connectivity index (χ3v) is 3.65. The van der Waals surface area contributed by atoms with Crippen molar-refractivity contribution >= 4 is 11.7 Å². The zero-order chi connectivity index (χ0) is 14.9. The van der Waals surface area contributed by atoms with Gasteiger partial charge in [-0.2, -0.15) is 13.2 Å². The first-order valence-electron chi connectivity index (χ1n) is 6.55. The number of benzene rings is 1. The van der Waals surface area contributed by atoms with E-state index < -0.39 is 11.7 Å². The number of anilines is 1. The van der Waals surface area contributed by atoms with Crippen molar-refractivity contribution in [3.05, 3.63) is 29.8 Å². The summed E-state index contributed by atoms with van der Waals surface area (Å²) in [6.07, 6.45) is -2.47. The van der Waals surface area contributed by atoms with E-state index in [2.05, 4.69) is 5.32 Å². The number of amides is 2. The van der Waals surface area contributed by atoms with Crippen molar-refractivity contribution in [2.45, 2.75) is 44.9 Å². The summed E-state index contributed by atoms with van der Waals surface area (Å²) in [5, 5.41) is 2.64. The fourth-order valence-electron chi connectivity index (χ4n) is 2.53. The Morgan fingerprint density at radius 3 is 2.10 bits per heavy atom. The molecule has 110 valence electrons. The topological polar surface area (TPSA) is 32.3 Å². The fraction of sp³-hybridized carbons (Fsp3) is 0.500. The highest BCUT2D eigenvalue weighted by molar-refractivity contribution is 5.89. The van der Waals surface area contributed by atoms with Crippen LogP contribution in [0, 0.1) is 0 Å². The van der Waals surface area contributed by atoms with Crippen molar-refractivity contribution < 1.29 is 18.0 Å². The minimum absolute atomic E-state index is 0.152. The van der Waals surface area contributed by atoms with E-state index in [0.717, 1.165) is 25.0 Å². The van der Waals surface area contributed by atoms with Gasteiger partial charge in [0.2, 0.25) is 0 Å². The van der Waals surface area contributed by atoms with Crippen molar-refractivity contribution in [1.29, 1.82) is 0 Å². The molecule has 1 fully saturated rings. The summed E-state index contributed by atoms with van der Waals surface area (Å²) >= 11 is 0. The van der Waals surface area contributed by atoms with Crippen LogP contribution < -0.4 is 5.32 Å². The number of carbonyl (C=O) groups excluding carboxylic acids is 1. The van der Waals surface area contributed by atoms with Gasteiger partial charge in [0.15, 0.2) is 0 Å². The summed E-state index contributed by atoms with van der Waals surface area (Å²) in [5.74, 6) is 0. The summed E-state index contributed by atoms with van der Waals surface area (Å²) in [6.45, 7) is 3.94. The zero-order valence-electron chi connectivity index (χ0n) is 11.4. The molecule has 6 heteroatoms. The number of rotatable bonds is 1. The second-order valence-corrected chi connectivity index (χ2v) is 5.19. The van der Waals surface area contributed by atoms with E-state index in [4.69, 9.17) is 0 Å². The Kier molecular flexibility index (Phi) is 3.92. The molecule has 0 aliphatic carbocycles. The summed E-state index contributed by atoms with van der Waals surface area (Å²) in [7, 11) is 0. The van der Waals surface area contributed by atoms with E-state index >= 15 is 0 Å². The minimum Gasteiger partial charge on any atom is -0.319 e. The Labute approximate surface area is 115 Å². The Bertz CT molecular complexity index is 474. The van der Waals surface area contributed by atoms with E-state index in [1.165, 1.54) is 12.1 Å². The average molecular weight is 286 g/mol. The lowest BCUT2D eigenvalue weighted by atomic mass is 10.2. The van der Waals surface area contributed by atoms with Crippen molar-refractivity contribution in [1.82, 2.24) is 4.90 Å². The van der Waals surface area contributed by atoms with Crippen LogP contribution in [0.5, 0.6) is 0 Å². The number of alkyl halides is 3. The standard InChI is InChI=1S/C14H17F3N2O/c1-9-3-4-10(2)19(9)13(20)18-12-7-5-11(6-8-12)14(15,16)17/h5-10H,3-4H2,1-2H3,(H,18,20)/t9-,10+. The van der Waals surface area contributed by atoms with Crippen LogP contribution in [-0.4, -0.2) is 23.0 Å². The number of nitrogens with zero attached hydrogens (tertiary/aromatic N) is 1. The second-order valence-electron chi connectivity index (χ2n) is 5.19. The van der Waals surface area contributed by atoms with E-state index in [1.54, 1.807) is 4.90 Å². The van der Waals surface area contributed by atoms with Gasteiger partial charge in [0.05, 0.1) is 5.56 Å². The Morgan fingerprint density at radius 2 is 1.65 bits per heavy atom. The van der Waals surface area contributed by atoms with Gasteiger partial charge in [-0.3, -0.25) is 0 Å². The number of hydrogen-bond donors (Lipinski definition) is 1. The number of halogens is 3. The molecule has 0 radical (unpaired) electrons. The Morgan fingerprint density at radius 1 is 1.15 bits per heavy atom. The van der Waals surface area contributed by atoms with Gasteiger partial charge in [0.25, 0.3) is 0 Å². The molecule has 1 aromatic rings. The molecule has 0 aromatic heterocycles. The van der Waals surface area contributed by atoms with Gasteiger partial charge in [-0.15, -0.1) is 0 Å². The highest BCUT2D eigenvalue weighted by Gasteiger charge is 2.32.